The van der Waals surface area contributed by atoms with Gasteiger partial charge in [0.1, 0.15) is 0 Å². The SMILES string of the molecule is O=C(CCn1c(=O)oc2ccccc21)N(Cc1cccs1)Cc1cccs1. The van der Waals surface area contributed by atoms with Crippen molar-refractivity contribution >= 4 is 39.7 Å². The highest BCUT2D eigenvalue weighted by molar-refractivity contribution is 7.10. The van der Waals surface area contributed by atoms with Crippen LogP contribution in [0.3, 0.4) is 0 Å². The van der Waals surface area contributed by atoms with Gasteiger partial charge in [0.05, 0.1) is 18.6 Å². The zero-order valence-corrected chi connectivity index (χ0v) is 16.2. The summed E-state index contributed by atoms with van der Waals surface area (Å²) in [4.78, 5) is 29.2. The molecular weight excluding hydrogens is 380 g/mol. The molecule has 0 aliphatic carbocycles. The summed E-state index contributed by atoms with van der Waals surface area (Å²) in [5, 5.41) is 4.03. The molecule has 4 rings (SSSR count). The summed E-state index contributed by atoms with van der Waals surface area (Å²) in [6.07, 6.45) is 0.250. The Balaban J connectivity index is 1.50. The lowest BCUT2D eigenvalue weighted by Crippen LogP contribution is -2.31. The zero-order chi connectivity index (χ0) is 18.6. The molecule has 1 amide bonds. The van der Waals surface area contributed by atoms with Crippen molar-refractivity contribution in [2.75, 3.05) is 0 Å². The topological polar surface area (TPSA) is 55.5 Å². The molecule has 4 aromatic rings. The van der Waals surface area contributed by atoms with Crippen LogP contribution in [-0.4, -0.2) is 15.4 Å². The number of hydrogen-bond donors (Lipinski definition) is 0. The van der Waals surface area contributed by atoms with Gasteiger partial charge in [-0.1, -0.05) is 24.3 Å². The Kier molecular flexibility index (Phi) is 5.22. The number of nitrogens with zero attached hydrogens (tertiary/aromatic N) is 2. The predicted octanol–water partition coefficient (Wildman–Crippen LogP) is 4.34. The van der Waals surface area contributed by atoms with E-state index in [-0.39, 0.29) is 12.3 Å². The molecule has 0 atom stereocenters. The number of oxazole rings is 1. The molecule has 0 aliphatic heterocycles. The molecule has 5 nitrogen and oxygen atoms in total. The molecule has 0 aliphatic rings. The minimum Gasteiger partial charge on any atom is -0.408 e. The van der Waals surface area contributed by atoms with Crippen LogP contribution in [0.2, 0.25) is 0 Å². The van der Waals surface area contributed by atoms with Gasteiger partial charge >= 0.3 is 5.76 Å². The van der Waals surface area contributed by atoms with E-state index in [4.69, 9.17) is 4.42 Å². The lowest BCUT2D eigenvalue weighted by molar-refractivity contribution is -0.132. The van der Waals surface area contributed by atoms with Crippen LogP contribution in [-0.2, 0) is 24.4 Å². The van der Waals surface area contributed by atoms with Crippen molar-refractivity contribution in [3.63, 3.8) is 0 Å². The Bertz CT molecular complexity index is 1040. The number of aryl methyl sites for hydroxylation is 1. The molecule has 0 radical (unpaired) electrons. The summed E-state index contributed by atoms with van der Waals surface area (Å²) in [6, 6.07) is 15.3. The summed E-state index contributed by atoms with van der Waals surface area (Å²) in [7, 11) is 0. The third-order valence-corrected chi connectivity index (χ3v) is 6.05. The minimum absolute atomic E-state index is 0.0222. The van der Waals surface area contributed by atoms with Gasteiger partial charge in [0.15, 0.2) is 5.58 Å². The highest BCUT2D eigenvalue weighted by Gasteiger charge is 2.17. The molecule has 0 bridgehead atoms. The van der Waals surface area contributed by atoms with E-state index in [1.165, 1.54) is 4.57 Å². The monoisotopic (exact) mass is 398 g/mol. The van der Waals surface area contributed by atoms with Crippen LogP contribution in [0.4, 0.5) is 0 Å². The van der Waals surface area contributed by atoms with E-state index >= 15 is 0 Å². The van der Waals surface area contributed by atoms with Crippen molar-refractivity contribution in [1.29, 1.82) is 0 Å². The van der Waals surface area contributed by atoms with Gasteiger partial charge < -0.3 is 9.32 Å². The van der Waals surface area contributed by atoms with Crippen LogP contribution >= 0.6 is 22.7 Å². The Labute approximate surface area is 164 Å². The maximum atomic E-state index is 12.9. The van der Waals surface area contributed by atoms with Crippen molar-refractivity contribution in [3.05, 3.63) is 79.6 Å². The van der Waals surface area contributed by atoms with E-state index in [9.17, 15) is 9.59 Å². The van der Waals surface area contributed by atoms with Crippen LogP contribution in [0.25, 0.3) is 11.1 Å². The molecule has 138 valence electrons. The van der Waals surface area contributed by atoms with E-state index < -0.39 is 5.76 Å². The first kappa shape index (κ1) is 17.8. The number of thiophene rings is 2. The molecule has 3 heterocycles. The van der Waals surface area contributed by atoms with Gasteiger partial charge in [0, 0.05) is 22.7 Å². The lowest BCUT2D eigenvalue weighted by atomic mass is 10.3. The second-order valence-electron chi connectivity index (χ2n) is 6.15. The van der Waals surface area contributed by atoms with Crippen LogP contribution < -0.4 is 5.76 Å². The Morgan fingerprint density at radius 3 is 2.26 bits per heavy atom. The molecule has 0 N–H and O–H groups in total. The molecule has 0 fully saturated rings. The predicted molar refractivity (Wildman–Crippen MR) is 108 cm³/mol. The summed E-state index contributed by atoms with van der Waals surface area (Å²) < 4.78 is 6.78. The molecule has 0 unspecified atom stereocenters. The van der Waals surface area contributed by atoms with Crippen LogP contribution in [0.15, 0.2) is 68.5 Å². The number of fused-ring (bicyclic) bond motifs is 1. The largest absolute Gasteiger partial charge is 0.419 e. The van der Waals surface area contributed by atoms with E-state index in [1.807, 2.05) is 58.1 Å². The smallest absolute Gasteiger partial charge is 0.408 e. The molecule has 27 heavy (non-hydrogen) atoms. The van der Waals surface area contributed by atoms with Crippen molar-refractivity contribution < 1.29 is 9.21 Å². The van der Waals surface area contributed by atoms with Gasteiger partial charge in [-0.2, -0.15) is 0 Å². The third kappa shape index (κ3) is 4.04. The van der Waals surface area contributed by atoms with E-state index in [0.717, 1.165) is 15.3 Å². The number of benzene rings is 1. The molecule has 1 aromatic carbocycles. The third-order valence-electron chi connectivity index (χ3n) is 4.33. The second kappa shape index (κ2) is 7.94. The molecule has 0 spiro atoms. The fourth-order valence-corrected chi connectivity index (χ4v) is 4.44. The molecular formula is C20H18N2O3S2. The Hall–Kier alpha value is -2.64. The number of aromatic nitrogens is 1. The maximum absolute atomic E-state index is 12.9. The second-order valence-corrected chi connectivity index (χ2v) is 8.21. The van der Waals surface area contributed by atoms with Gasteiger partial charge in [-0.15, -0.1) is 22.7 Å². The summed E-state index contributed by atoms with van der Waals surface area (Å²) in [6.45, 7) is 1.46. The van der Waals surface area contributed by atoms with Crippen molar-refractivity contribution in [1.82, 2.24) is 9.47 Å². The molecule has 0 saturated carbocycles. The normalized spacial score (nSPS) is 11.1. The number of amides is 1. The first-order valence-corrected chi connectivity index (χ1v) is 10.4. The lowest BCUT2D eigenvalue weighted by Gasteiger charge is -2.21. The number of rotatable bonds is 7. The van der Waals surface area contributed by atoms with Crippen LogP contribution in [0, 0.1) is 0 Å². The summed E-state index contributed by atoms with van der Waals surface area (Å²) in [5.74, 6) is -0.402. The van der Waals surface area contributed by atoms with E-state index in [2.05, 4.69) is 0 Å². The molecule has 0 saturated heterocycles. The number of carbonyl (C=O) groups excluding carboxylic acids is 1. The fourth-order valence-electron chi connectivity index (χ4n) is 3.00. The fraction of sp³-hybridized carbons (Fsp3) is 0.200. The average molecular weight is 399 g/mol. The van der Waals surface area contributed by atoms with Gasteiger partial charge in [-0.05, 0) is 35.0 Å². The maximum Gasteiger partial charge on any atom is 0.419 e. The highest BCUT2D eigenvalue weighted by atomic mass is 32.1. The zero-order valence-electron chi connectivity index (χ0n) is 14.5. The summed E-state index contributed by atoms with van der Waals surface area (Å²) >= 11 is 3.28. The van der Waals surface area contributed by atoms with Gasteiger partial charge in [0.2, 0.25) is 5.91 Å². The van der Waals surface area contributed by atoms with Crippen LogP contribution in [0.1, 0.15) is 16.2 Å². The van der Waals surface area contributed by atoms with Crippen molar-refractivity contribution in [3.8, 4) is 0 Å². The number of hydrogen-bond acceptors (Lipinski definition) is 5. The quantitative estimate of drug-likeness (QED) is 0.465. The van der Waals surface area contributed by atoms with Crippen molar-refractivity contribution in [2.24, 2.45) is 0 Å². The van der Waals surface area contributed by atoms with Gasteiger partial charge in [-0.3, -0.25) is 9.36 Å². The first-order chi connectivity index (χ1) is 13.2. The van der Waals surface area contributed by atoms with Gasteiger partial charge in [-0.25, -0.2) is 4.79 Å². The minimum atomic E-state index is -0.424. The molecule has 7 heteroatoms. The summed E-state index contributed by atoms with van der Waals surface area (Å²) in [5.41, 5.74) is 1.27. The number of para-hydroxylation sites is 2. The number of carbonyl (C=O) groups is 1. The standard InChI is InChI=1S/C20H18N2O3S2/c23-19(9-10-22-17-7-1-2-8-18(17)25-20(22)24)21(13-15-5-3-11-26-15)14-16-6-4-12-27-16/h1-8,11-12H,9-10,13-14H2. The average Bonchev–Trinajstić information content (AvgIpc) is 3.41. The van der Waals surface area contributed by atoms with Gasteiger partial charge in [0.25, 0.3) is 0 Å². The Morgan fingerprint density at radius 2 is 1.63 bits per heavy atom. The van der Waals surface area contributed by atoms with Crippen LogP contribution in [0.5, 0.6) is 0 Å². The van der Waals surface area contributed by atoms with E-state index in [0.29, 0.717) is 25.2 Å². The highest BCUT2D eigenvalue weighted by Crippen LogP contribution is 2.19. The first-order valence-electron chi connectivity index (χ1n) is 8.61. The molecule has 3 aromatic heterocycles. The van der Waals surface area contributed by atoms with Crippen molar-refractivity contribution in [2.45, 2.75) is 26.1 Å². The Morgan fingerprint density at radius 1 is 0.963 bits per heavy atom. The van der Waals surface area contributed by atoms with E-state index in [1.54, 1.807) is 28.7 Å².